The smallest absolute Gasteiger partial charge is 0.417 e. The van der Waals surface area contributed by atoms with Crippen LogP contribution in [0.5, 0.6) is 0 Å². The van der Waals surface area contributed by atoms with E-state index < -0.39 is 57.3 Å². The maximum absolute atomic E-state index is 13.1. The van der Waals surface area contributed by atoms with E-state index in [0.29, 0.717) is 12.1 Å². The maximum Gasteiger partial charge on any atom is 0.417 e. The molecule has 10 heteroatoms. The first kappa shape index (κ1) is 17.6. The lowest BCUT2D eigenvalue weighted by molar-refractivity contribution is -0.138. The van der Waals surface area contributed by atoms with E-state index in [-0.39, 0.29) is 12.1 Å². The van der Waals surface area contributed by atoms with Crippen LogP contribution >= 0.6 is 0 Å². The van der Waals surface area contributed by atoms with Gasteiger partial charge in [0.05, 0.1) is 22.3 Å². The van der Waals surface area contributed by atoms with Crippen LogP contribution in [-0.2, 0) is 12.4 Å². The highest BCUT2D eigenvalue weighted by Crippen LogP contribution is 2.41. The molecule has 0 radical (unpaired) electrons. The molecule has 0 unspecified atom stereocenters. The summed E-state index contributed by atoms with van der Waals surface area (Å²) in [6.07, 6.45) is -10.4. The van der Waals surface area contributed by atoms with Crippen molar-refractivity contribution in [3.63, 3.8) is 0 Å². The van der Waals surface area contributed by atoms with E-state index in [2.05, 4.69) is 0 Å². The van der Waals surface area contributed by atoms with Crippen molar-refractivity contribution in [2.24, 2.45) is 0 Å². The van der Waals surface area contributed by atoms with Crippen molar-refractivity contribution in [2.75, 3.05) is 0 Å². The normalized spacial score (nSPS) is 12.4. The summed E-state index contributed by atoms with van der Waals surface area (Å²) >= 11 is 0. The molecule has 0 aromatic heterocycles. The number of benzene rings is 2. The fourth-order valence-corrected chi connectivity index (χ4v) is 2.18. The summed E-state index contributed by atoms with van der Waals surface area (Å²) in [5.41, 5.74) is -5.32. The van der Waals surface area contributed by atoms with Gasteiger partial charge in [-0.1, -0.05) is 0 Å². The Bertz CT molecular complexity index is 780. The highest BCUT2D eigenvalue weighted by molar-refractivity contribution is 6.01. The molecule has 128 valence electrons. The second-order valence-electron chi connectivity index (χ2n) is 4.75. The minimum absolute atomic E-state index is 0.163. The van der Waals surface area contributed by atoms with Gasteiger partial charge in [-0.05, 0) is 35.0 Å². The summed E-state index contributed by atoms with van der Waals surface area (Å²) < 4.78 is 78.6. The largest absolute Gasteiger partial charge is 0.478 e. The molecule has 0 aliphatic rings. The summed E-state index contributed by atoms with van der Waals surface area (Å²) in [7, 11) is 0. The monoisotopic (exact) mass is 352 g/mol. The molecule has 0 bridgehead atoms. The zero-order chi connectivity index (χ0) is 18.4. The van der Waals surface area contributed by atoms with Crippen molar-refractivity contribution in [1.82, 2.24) is 0 Å². The van der Waals surface area contributed by atoms with Crippen molar-refractivity contribution in [2.45, 2.75) is 12.4 Å². The van der Waals surface area contributed by atoms with Crippen LogP contribution in [-0.4, -0.2) is 22.2 Å². The van der Waals surface area contributed by atoms with E-state index in [9.17, 15) is 35.9 Å². The first-order chi connectivity index (χ1) is 10.8. The van der Waals surface area contributed by atoms with Gasteiger partial charge in [0.25, 0.3) is 0 Å². The number of rotatable bonds is 2. The second kappa shape index (κ2) is 5.39. The predicted octanol–water partition coefficient (Wildman–Crippen LogP) is 4.27. The minimum atomic E-state index is -5.18. The average molecular weight is 352 g/mol. The molecule has 0 spiro atoms. The van der Waals surface area contributed by atoms with E-state index in [4.69, 9.17) is 10.2 Å². The highest BCUT2D eigenvalue weighted by Gasteiger charge is 2.38. The topological polar surface area (TPSA) is 74.6 Å². The number of aromatic carboxylic acids is 2. The van der Waals surface area contributed by atoms with Crippen LogP contribution in [0.15, 0.2) is 24.3 Å². The molecule has 0 fully saturated rings. The zero-order valence-electron chi connectivity index (χ0n) is 11.3. The zero-order valence-corrected chi connectivity index (χ0v) is 11.3. The number of carboxylic acid groups (broad SMARTS) is 2. The molecular weight excluding hydrogens is 346 g/mol. The van der Waals surface area contributed by atoms with Crippen LogP contribution in [0, 0.1) is 0 Å². The SMILES string of the molecule is O=C(O)c1cc(C(F)(F)F)c2cc(C(=O)O)cc(C(F)(F)F)c2c1. The van der Waals surface area contributed by atoms with Crippen LogP contribution in [0.3, 0.4) is 0 Å². The maximum atomic E-state index is 13.1. The van der Waals surface area contributed by atoms with Crippen LogP contribution in [0.2, 0.25) is 0 Å². The number of fused-ring (bicyclic) bond motifs is 1. The highest BCUT2D eigenvalue weighted by atomic mass is 19.4. The molecule has 0 saturated carbocycles. The molecule has 4 nitrogen and oxygen atoms in total. The van der Waals surface area contributed by atoms with Crippen molar-refractivity contribution in [3.8, 4) is 0 Å². The molecule has 2 rings (SSSR count). The van der Waals surface area contributed by atoms with Gasteiger partial charge in [-0.25, -0.2) is 9.59 Å². The standard InChI is InChI=1S/C14H6F6O4/c15-13(16,17)9-4-6(12(23)24)2-8-7(9)1-5(11(21)22)3-10(8)14(18,19)20/h1-4H,(H,21,22)(H,23,24). The van der Waals surface area contributed by atoms with Crippen molar-refractivity contribution >= 4 is 22.7 Å². The summed E-state index contributed by atoms with van der Waals surface area (Å²) in [5.74, 6) is -3.70. The van der Waals surface area contributed by atoms with Gasteiger partial charge >= 0.3 is 24.3 Å². The van der Waals surface area contributed by atoms with Gasteiger partial charge in [-0.2, -0.15) is 26.3 Å². The second-order valence-corrected chi connectivity index (χ2v) is 4.75. The molecule has 0 heterocycles. The third-order valence-corrected chi connectivity index (χ3v) is 3.17. The van der Waals surface area contributed by atoms with Gasteiger partial charge in [-0.3, -0.25) is 0 Å². The molecule has 0 atom stereocenters. The van der Waals surface area contributed by atoms with E-state index in [1.54, 1.807) is 0 Å². The number of halogens is 6. The average Bonchev–Trinajstić information content (AvgIpc) is 2.42. The summed E-state index contributed by atoms with van der Waals surface area (Å²) in [5, 5.41) is 15.6. The number of hydrogen-bond acceptors (Lipinski definition) is 2. The van der Waals surface area contributed by atoms with Gasteiger partial charge in [-0.15, -0.1) is 0 Å². The Kier molecular flexibility index (Phi) is 3.95. The summed E-state index contributed by atoms with van der Waals surface area (Å²) in [4.78, 5) is 21.8. The molecule has 0 saturated heterocycles. The van der Waals surface area contributed by atoms with Gasteiger partial charge in [0.1, 0.15) is 0 Å². The van der Waals surface area contributed by atoms with Crippen molar-refractivity contribution in [3.05, 3.63) is 46.5 Å². The Labute approximate surface area is 128 Å². The summed E-state index contributed by atoms with van der Waals surface area (Å²) in [6, 6.07) is 1.19. The van der Waals surface area contributed by atoms with Crippen molar-refractivity contribution in [1.29, 1.82) is 0 Å². The van der Waals surface area contributed by atoms with Gasteiger partial charge in [0.15, 0.2) is 0 Å². The third-order valence-electron chi connectivity index (χ3n) is 3.17. The number of carboxylic acids is 2. The molecule has 24 heavy (non-hydrogen) atoms. The third kappa shape index (κ3) is 3.12. The lowest BCUT2D eigenvalue weighted by Gasteiger charge is -2.17. The van der Waals surface area contributed by atoms with Gasteiger partial charge in [0, 0.05) is 0 Å². The van der Waals surface area contributed by atoms with Crippen LogP contribution < -0.4 is 0 Å². The van der Waals surface area contributed by atoms with Crippen LogP contribution in [0.25, 0.3) is 10.8 Å². The number of carbonyl (C=O) groups is 2. The van der Waals surface area contributed by atoms with Gasteiger partial charge < -0.3 is 10.2 Å². The molecule has 2 N–H and O–H groups in total. The fourth-order valence-electron chi connectivity index (χ4n) is 2.18. The minimum Gasteiger partial charge on any atom is -0.478 e. The molecule has 2 aromatic rings. The Morgan fingerprint density at radius 3 is 1.17 bits per heavy atom. The number of hydrogen-bond donors (Lipinski definition) is 2. The predicted molar refractivity (Wildman–Crippen MR) is 67.9 cm³/mol. The Morgan fingerprint density at radius 2 is 0.958 bits per heavy atom. The Balaban J connectivity index is 3.08. The van der Waals surface area contributed by atoms with Crippen molar-refractivity contribution < 1.29 is 46.1 Å². The Hall–Kier alpha value is -2.78. The number of alkyl halides is 6. The molecule has 2 aromatic carbocycles. The summed E-state index contributed by atoms with van der Waals surface area (Å²) in [6.45, 7) is 0. The van der Waals surface area contributed by atoms with E-state index in [0.717, 1.165) is 0 Å². The quantitative estimate of drug-likeness (QED) is 0.792. The molecule has 0 amide bonds. The molecular formula is C14H6F6O4. The molecule has 0 aliphatic heterocycles. The van der Waals surface area contributed by atoms with Crippen LogP contribution in [0.4, 0.5) is 26.3 Å². The van der Waals surface area contributed by atoms with E-state index in [1.165, 1.54) is 0 Å². The first-order valence-electron chi connectivity index (χ1n) is 6.05. The molecule has 0 aliphatic carbocycles. The van der Waals surface area contributed by atoms with E-state index >= 15 is 0 Å². The first-order valence-corrected chi connectivity index (χ1v) is 6.05. The fraction of sp³-hybridized carbons (Fsp3) is 0.143. The van der Waals surface area contributed by atoms with Crippen LogP contribution in [0.1, 0.15) is 31.8 Å². The van der Waals surface area contributed by atoms with E-state index in [1.807, 2.05) is 0 Å². The Morgan fingerprint density at radius 1 is 0.667 bits per heavy atom. The lowest BCUT2D eigenvalue weighted by Crippen LogP contribution is -2.13. The lowest BCUT2D eigenvalue weighted by atomic mass is 9.94. The van der Waals surface area contributed by atoms with Gasteiger partial charge in [0.2, 0.25) is 0 Å².